The molecule has 3 aromatic carbocycles. The van der Waals surface area contributed by atoms with Gasteiger partial charge in [-0.15, -0.1) is 0 Å². The van der Waals surface area contributed by atoms with Crippen molar-refractivity contribution in [1.82, 2.24) is 9.97 Å². The lowest BCUT2D eigenvalue weighted by molar-refractivity contribution is 0.969. The summed E-state index contributed by atoms with van der Waals surface area (Å²) in [7, 11) is 0. The molecule has 1 heterocycles. The maximum atomic E-state index is 5.92. The lowest BCUT2D eigenvalue weighted by Gasteiger charge is -2.11. The average Bonchev–Trinajstić information content (AvgIpc) is 2.64. The zero-order chi connectivity index (χ0) is 17.1. The molecule has 0 amide bonds. The first kappa shape index (κ1) is 15.3. The van der Waals surface area contributed by atoms with Gasteiger partial charge < -0.3 is 5.73 Å². The molecule has 4 rings (SSSR count). The van der Waals surface area contributed by atoms with Crippen molar-refractivity contribution in [1.29, 1.82) is 0 Å². The lowest BCUT2D eigenvalue weighted by atomic mass is 10.0. The first-order valence-corrected chi connectivity index (χ1v) is 8.41. The van der Waals surface area contributed by atoms with Crippen LogP contribution in [0.5, 0.6) is 0 Å². The molecule has 3 nitrogen and oxygen atoms in total. The van der Waals surface area contributed by atoms with E-state index in [2.05, 4.69) is 48.5 Å². The Balaban J connectivity index is 1.80. The summed E-state index contributed by atoms with van der Waals surface area (Å²) in [6.07, 6.45) is 1.54. The van der Waals surface area contributed by atoms with E-state index in [1.807, 2.05) is 30.3 Å². The van der Waals surface area contributed by atoms with E-state index >= 15 is 0 Å². The number of nitrogens with zero attached hydrogens (tertiary/aromatic N) is 2. The highest BCUT2D eigenvalue weighted by molar-refractivity contribution is 5.78. The highest BCUT2D eigenvalue weighted by atomic mass is 14.8. The smallest absolute Gasteiger partial charge is 0.0910 e. The van der Waals surface area contributed by atoms with E-state index in [0.717, 1.165) is 35.3 Å². The molecule has 0 aliphatic rings. The number of anilines is 1. The largest absolute Gasteiger partial charge is 0.399 e. The lowest BCUT2D eigenvalue weighted by Crippen LogP contribution is -2.05. The van der Waals surface area contributed by atoms with Gasteiger partial charge in [-0.25, -0.2) is 9.97 Å². The normalized spacial score (nSPS) is 10.9. The van der Waals surface area contributed by atoms with Gasteiger partial charge in [0, 0.05) is 18.5 Å². The second-order valence-electron chi connectivity index (χ2n) is 6.19. The number of aromatic nitrogens is 2. The minimum Gasteiger partial charge on any atom is -0.399 e. The van der Waals surface area contributed by atoms with E-state index in [9.17, 15) is 0 Å². The third-order valence-electron chi connectivity index (χ3n) is 4.27. The molecular weight excluding hydrogens is 306 g/mol. The van der Waals surface area contributed by atoms with Crippen molar-refractivity contribution in [2.45, 2.75) is 12.8 Å². The molecule has 3 heteroatoms. The molecule has 0 unspecified atom stereocenters. The predicted octanol–water partition coefficient (Wildman–Crippen LogP) is 4.39. The molecule has 25 heavy (non-hydrogen) atoms. The van der Waals surface area contributed by atoms with Crippen molar-refractivity contribution in [3.05, 3.63) is 101 Å². The minimum absolute atomic E-state index is 0.711. The fourth-order valence-electron chi connectivity index (χ4n) is 3.01. The Labute approximate surface area is 147 Å². The van der Waals surface area contributed by atoms with Gasteiger partial charge in [0.25, 0.3) is 0 Å². The SMILES string of the molecule is Nc1ccc2nc(Cc3ccccc3)c(Cc3ccccc3)nc2c1. The van der Waals surface area contributed by atoms with Crippen LogP contribution < -0.4 is 5.73 Å². The van der Waals surface area contributed by atoms with E-state index in [0.29, 0.717) is 5.69 Å². The van der Waals surface area contributed by atoms with E-state index in [1.165, 1.54) is 11.1 Å². The van der Waals surface area contributed by atoms with Crippen LogP contribution in [0.1, 0.15) is 22.5 Å². The number of hydrogen-bond donors (Lipinski definition) is 1. The average molecular weight is 325 g/mol. The fraction of sp³-hybridized carbons (Fsp3) is 0.0909. The molecule has 0 fully saturated rings. The predicted molar refractivity (Wildman–Crippen MR) is 102 cm³/mol. The van der Waals surface area contributed by atoms with Crippen molar-refractivity contribution in [2.75, 3.05) is 5.73 Å². The van der Waals surface area contributed by atoms with E-state index in [-0.39, 0.29) is 0 Å². The molecule has 0 atom stereocenters. The summed E-state index contributed by atoms with van der Waals surface area (Å²) in [4.78, 5) is 9.77. The second-order valence-corrected chi connectivity index (χ2v) is 6.19. The summed E-state index contributed by atoms with van der Waals surface area (Å²) in [6.45, 7) is 0. The van der Waals surface area contributed by atoms with Gasteiger partial charge in [-0.1, -0.05) is 60.7 Å². The molecule has 0 bridgehead atoms. The first-order chi connectivity index (χ1) is 12.3. The van der Waals surface area contributed by atoms with Gasteiger partial charge in [0.2, 0.25) is 0 Å². The number of nitrogens with two attached hydrogens (primary N) is 1. The van der Waals surface area contributed by atoms with E-state index in [4.69, 9.17) is 15.7 Å². The monoisotopic (exact) mass is 325 g/mol. The molecule has 1 aromatic heterocycles. The van der Waals surface area contributed by atoms with Crippen LogP contribution in [0.15, 0.2) is 78.9 Å². The van der Waals surface area contributed by atoms with Crippen LogP contribution in [0, 0.1) is 0 Å². The van der Waals surface area contributed by atoms with Crippen LogP contribution in [-0.4, -0.2) is 9.97 Å². The van der Waals surface area contributed by atoms with Gasteiger partial charge >= 0.3 is 0 Å². The topological polar surface area (TPSA) is 51.8 Å². The van der Waals surface area contributed by atoms with E-state index in [1.54, 1.807) is 0 Å². The molecule has 0 spiro atoms. The molecule has 122 valence electrons. The number of hydrogen-bond acceptors (Lipinski definition) is 3. The highest BCUT2D eigenvalue weighted by Crippen LogP contribution is 2.20. The Hall–Kier alpha value is -3.20. The van der Waals surface area contributed by atoms with Gasteiger partial charge in [-0.3, -0.25) is 0 Å². The van der Waals surface area contributed by atoms with Gasteiger partial charge in [0.05, 0.1) is 22.4 Å². The van der Waals surface area contributed by atoms with Crippen molar-refractivity contribution >= 4 is 16.7 Å². The number of fused-ring (bicyclic) bond motifs is 1. The molecule has 2 N–H and O–H groups in total. The van der Waals surface area contributed by atoms with Gasteiger partial charge in [-0.2, -0.15) is 0 Å². The zero-order valence-corrected chi connectivity index (χ0v) is 13.9. The maximum absolute atomic E-state index is 5.92. The van der Waals surface area contributed by atoms with Crippen LogP contribution in [0.2, 0.25) is 0 Å². The molecule has 0 radical (unpaired) electrons. The molecule has 0 aliphatic carbocycles. The minimum atomic E-state index is 0.711. The Bertz CT molecular complexity index is 996. The molecule has 0 saturated heterocycles. The van der Waals surface area contributed by atoms with Crippen LogP contribution in [-0.2, 0) is 12.8 Å². The second kappa shape index (κ2) is 6.73. The summed E-state index contributed by atoms with van der Waals surface area (Å²) in [6, 6.07) is 26.5. The van der Waals surface area contributed by atoms with Crippen LogP contribution in [0.25, 0.3) is 11.0 Å². The van der Waals surface area contributed by atoms with Gasteiger partial charge in [0.15, 0.2) is 0 Å². The standard InChI is InChI=1S/C22H19N3/c23-18-11-12-19-22(15-18)25-21(14-17-9-5-2-6-10-17)20(24-19)13-16-7-3-1-4-8-16/h1-12,15H,13-14,23H2. The van der Waals surface area contributed by atoms with Gasteiger partial charge in [-0.05, 0) is 29.3 Å². The molecular formula is C22H19N3. The third kappa shape index (κ3) is 3.50. The third-order valence-corrected chi connectivity index (χ3v) is 4.27. The van der Waals surface area contributed by atoms with Crippen molar-refractivity contribution in [2.24, 2.45) is 0 Å². The quantitative estimate of drug-likeness (QED) is 0.566. The van der Waals surface area contributed by atoms with Crippen LogP contribution in [0.4, 0.5) is 5.69 Å². The molecule has 0 saturated carbocycles. The Morgan fingerprint density at radius 2 is 1.12 bits per heavy atom. The number of rotatable bonds is 4. The number of nitrogen functional groups attached to an aromatic ring is 1. The Kier molecular flexibility index (Phi) is 4.13. The summed E-state index contributed by atoms with van der Waals surface area (Å²) in [5.74, 6) is 0. The summed E-state index contributed by atoms with van der Waals surface area (Å²) >= 11 is 0. The molecule has 0 aliphatic heterocycles. The summed E-state index contributed by atoms with van der Waals surface area (Å²) in [5.41, 5.74) is 12.9. The Morgan fingerprint density at radius 1 is 0.600 bits per heavy atom. The summed E-state index contributed by atoms with van der Waals surface area (Å²) < 4.78 is 0. The Morgan fingerprint density at radius 3 is 1.68 bits per heavy atom. The highest BCUT2D eigenvalue weighted by Gasteiger charge is 2.11. The first-order valence-electron chi connectivity index (χ1n) is 8.41. The fourth-order valence-corrected chi connectivity index (χ4v) is 3.01. The van der Waals surface area contributed by atoms with Crippen molar-refractivity contribution in [3.63, 3.8) is 0 Å². The zero-order valence-electron chi connectivity index (χ0n) is 13.9. The molecule has 4 aromatic rings. The van der Waals surface area contributed by atoms with Crippen LogP contribution in [0.3, 0.4) is 0 Å². The summed E-state index contributed by atoms with van der Waals surface area (Å²) in [5, 5.41) is 0. The maximum Gasteiger partial charge on any atom is 0.0910 e. The van der Waals surface area contributed by atoms with Crippen LogP contribution >= 0.6 is 0 Å². The number of benzene rings is 3. The van der Waals surface area contributed by atoms with Crippen molar-refractivity contribution < 1.29 is 0 Å². The van der Waals surface area contributed by atoms with E-state index < -0.39 is 0 Å². The van der Waals surface area contributed by atoms with Gasteiger partial charge in [0.1, 0.15) is 0 Å². The van der Waals surface area contributed by atoms with Crippen molar-refractivity contribution in [3.8, 4) is 0 Å².